The highest BCUT2D eigenvalue weighted by atomic mass is 19.4. The molecule has 0 aliphatic rings. The molecule has 102 valence electrons. The average Bonchev–Trinajstić information content (AvgIpc) is 2.84. The van der Waals surface area contributed by atoms with Crippen LogP contribution in [0.4, 0.5) is 13.2 Å². The van der Waals surface area contributed by atoms with Gasteiger partial charge in [-0.15, -0.1) is 0 Å². The summed E-state index contributed by atoms with van der Waals surface area (Å²) in [5.41, 5.74) is 4.63. The van der Waals surface area contributed by atoms with Gasteiger partial charge in [0.2, 0.25) is 0 Å². The number of benzene rings is 1. The highest BCUT2D eigenvalue weighted by Crippen LogP contribution is 2.37. The quantitative estimate of drug-likeness (QED) is 0.927. The number of halogens is 3. The Bertz CT molecular complexity index is 549. The summed E-state index contributed by atoms with van der Waals surface area (Å²) >= 11 is 0. The fourth-order valence-corrected chi connectivity index (χ4v) is 1.75. The van der Waals surface area contributed by atoms with Crippen LogP contribution >= 0.6 is 0 Å². The molecular formula is C13H13F3N2O. The molecule has 2 rings (SSSR count). The minimum Gasteiger partial charge on any atom is -0.441 e. The van der Waals surface area contributed by atoms with Crippen LogP contribution in [0, 0.1) is 0 Å². The van der Waals surface area contributed by atoms with Crippen molar-refractivity contribution >= 4 is 0 Å². The number of alkyl halides is 3. The summed E-state index contributed by atoms with van der Waals surface area (Å²) in [5, 5.41) is 0. The van der Waals surface area contributed by atoms with Crippen LogP contribution in [0.2, 0.25) is 0 Å². The van der Waals surface area contributed by atoms with Crippen molar-refractivity contribution in [3.05, 3.63) is 41.9 Å². The molecule has 3 nitrogen and oxygen atoms in total. The molecule has 0 aliphatic carbocycles. The number of rotatable bonds is 4. The van der Waals surface area contributed by atoms with Gasteiger partial charge in [-0.1, -0.05) is 18.2 Å². The highest BCUT2D eigenvalue weighted by molar-refractivity contribution is 5.62. The minimum absolute atomic E-state index is 0.00139. The topological polar surface area (TPSA) is 52.0 Å². The van der Waals surface area contributed by atoms with Crippen LogP contribution < -0.4 is 5.73 Å². The Kier molecular flexibility index (Phi) is 3.90. The first-order valence-electron chi connectivity index (χ1n) is 5.83. The van der Waals surface area contributed by atoms with Crippen LogP contribution in [-0.2, 0) is 12.6 Å². The van der Waals surface area contributed by atoms with Crippen molar-refractivity contribution in [2.45, 2.75) is 19.0 Å². The van der Waals surface area contributed by atoms with Crippen molar-refractivity contribution in [2.75, 3.05) is 6.54 Å². The molecule has 0 fully saturated rings. The maximum absolute atomic E-state index is 12.9. The van der Waals surface area contributed by atoms with Gasteiger partial charge < -0.3 is 10.2 Å². The van der Waals surface area contributed by atoms with Gasteiger partial charge in [-0.05, 0) is 19.0 Å². The largest absolute Gasteiger partial charge is 0.441 e. The molecule has 6 heteroatoms. The molecule has 0 saturated carbocycles. The molecule has 0 saturated heterocycles. The Labute approximate surface area is 108 Å². The second-order valence-corrected chi connectivity index (χ2v) is 4.05. The van der Waals surface area contributed by atoms with E-state index >= 15 is 0 Å². The van der Waals surface area contributed by atoms with Gasteiger partial charge in [0.25, 0.3) is 0 Å². The van der Waals surface area contributed by atoms with Crippen molar-refractivity contribution in [2.24, 2.45) is 5.73 Å². The lowest BCUT2D eigenvalue weighted by Crippen LogP contribution is -2.06. The van der Waals surface area contributed by atoms with E-state index in [0.717, 1.165) is 6.07 Å². The lowest BCUT2D eigenvalue weighted by molar-refractivity contribution is -0.137. The van der Waals surface area contributed by atoms with E-state index in [2.05, 4.69) is 4.98 Å². The second-order valence-electron chi connectivity index (χ2n) is 4.05. The summed E-state index contributed by atoms with van der Waals surface area (Å²) in [4.78, 5) is 3.96. The normalized spacial score (nSPS) is 11.8. The fourth-order valence-electron chi connectivity index (χ4n) is 1.75. The van der Waals surface area contributed by atoms with Crippen molar-refractivity contribution in [3.8, 4) is 11.3 Å². The molecule has 0 aliphatic heterocycles. The molecule has 1 aromatic carbocycles. The summed E-state index contributed by atoms with van der Waals surface area (Å²) in [6, 6.07) is 5.28. The number of nitrogens with zero attached hydrogens (tertiary/aromatic N) is 1. The molecular weight excluding hydrogens is 257 g/mol. The van der Waals surface area contributed by atoms with Crippen LogP contribution in [0.5, 0.6) is 0 Å². The van der Waals surface area contributed by atoms with Gasteiger partial charge in [-0.3, -0.25) is 0 Å². The van der Waals surface area contributed by atoms with Gasteiger partial charge in [-0.2, -0.15) is 13.2 Å². The number of hydrogen-bond acceptors (Lipinski definition) is 3. The standard InChI is InChI=1S/C13H13F3N2O/c14-13(15,16)10-5-2-1-4-9(10)11-8-18-12(19-11)6-3-7-17/h1-2,4-5,8H,3,6-7,17H2. The molecule has 2 aromatic rings. The Balaban J connectivity index is 2.34. The molecule has 0 atom stereocenters. The van der Waals surface area contributed by atoms with Gasteiger partial charge in [0.05, 0.1) is 11.8 Å². The third-order valence-corrected chi connectivity index (χ3v) is 2.65. The smallest absolute Gasteiger partial charge is 0.417 e. The first kappa shape index (κ1) is 13.6. The molecule has 0 unspecified atom stereocenters. The Morgan fingerprint density at radius 3 is 2.63 bits per heavy atom. The van der Waals surface area contributed by atoms with Crippen molar-refractivity contribution in [1.29, 1.82) is 0 Å². The van der Waals surface area contributed by atoms with E-state index in [1.54, 1.807) is 0 Å². The zero-order valence-corrected chi connectivity index (χ0v) is 10.1. The first-order valence-corrected chi connectivity index (χ1v) is 5.83. The predicted octanol–water partition coefficient (Wildman–Crippen LogP) is 3.25. The van der Waals surface area contributed by atoms with Crippen LogP contribution in [0.1, 0.15) is 17.9 Å². The monoisotopic (exact) mass is 270 g/mol. The third-order valence-electron chi connectivity index (χ3n) is 2.65. The summed E-state index contributed by atoms with van der Waals surface area (Å²) in [6.07, 6.45) is -1.90. The van der Waals surface area contributed by atoms with Gasteiger partial charge in [0, 0.05) is 12.0 Å². The lowest BCUT2D eigenvalue weighted by atomic mass is 10.1. The highest BCUT2D eigenvalue weighted by Gasteiger charge is 2.34. The van der Waals surface area contributed by atoms with Crippen LogP contribution in [-0.4, -0.2) is 11.5 Å². The number of aryl methyl sites for hydroxylation is 1. The maximum Gasteiger partial charge on any atom is 0.417 e. The Morgan fingerprint density at radius 1 is 1.21 bits per heavy atom. The zero-order valence-electron chi connectivity index (χ0n) is 10.1. The molecule has 1 heterocycles. The van der Waals surface area contributed by atoms with Crippen LogP contribution in [0.25, 0.3) is 11.3 Å². The first-order chi connectivity index (χ1) is 9.02. The van der Waals surface area contributed by atoms with E-state index in [9.17, 15) is 13.2 Å². The average molecular weight is 270 g/mol. The Hall–Kier alpha value is -1.82. The maximum atomic E-state index is 12.9. The summed E-state index contributed by atoms with van der Waals surface area (Å²) < 4.78 is 43.9. The molecule has 0 amide bonds. The molecule has 19 heavy (non-hydrogen) atoms. The number of nitrogens with two attached hydrogens (primary N) is 1. The van der Waals surface area contributed by atoms with Crippen LogP contribution in [0.15, 0.2) is 34.9 Å². The van der Waals surface area contributed by atoms with Crippen molar-refractivity contribution in [1.82, 2.24) is 4.98 Å². The van der Waals surface area contributed by atoms with Crippen LogP contribution in [0.3, 0.4) is 0 Å². The van der Waals surface area contributed by atoms with E-state index in [4.69, 9.17) is 10.2 Å². The SMILES string of the molecule is NCCCc1ncc(-c2ccccc2C(F)(F)F)o1. The van der Waals surface area contributed by atoms with Gasteiger partial charge in [-0.25, -0.2) is 4.98 Å². The third kappa shape index (κ3) is 3.14. The molecule has 0 spiro atoms. The fraction of sp³-hybridized carbons (Fsp3) is 0.308. The molecule has 2 N–H and O–H groups in total. The van der Waals surface area contributed by atoms with E-state index < -0.39 is 11.7 Å². The van der Waals surface area contributed by atoms with Gasteiger partial charge in [0.1, 0.15) is 0 Å². The van der Waals surface area contributed by atoms with E-state index in [1.807, 2.05) is 0 Å². The van der Waals surface area contributed by atoms with Gasteiger partial charge in [0.15, 0.2) is 11.7 Å². The summed E-state index contributed by atoms with van der Waals surface area (Å²) in [7, 11) is 0. The zero-order chi connectivity index (χ0) is 13.9. The summed E-state index contributed by atoms with van der Waals surface area (Å²) in [5.74, 6) is 0.525. The molecule has 1 aromatic heterocycles. The lowest BCUT2D eigenvalue weighted by Gasteiger charge is -2.10. The molecule has 0 radical (unpaired) electrons. The van der Waals surface area contributed by atoms with E-state index in [1.165, 1.54) is 24.4 Å². The minimum atomic E-state index is -4.42. The molecule has 0 bridgehead atoms. The van der Waals surface area contributed by atoms with Crippen molar-refractivity contribution in [3.63, 3.8) is 0 Å². The van der Waals surface area contributed by atoms with Crippen molar-refractivity contribution < 1.29 is 17.6 Å². The number of aromatic nitrogens is 1. The number of oxazole rings is 1. The Morgan fingerprint density at radius 2 is 1.95 bits per heavy atom. The predicted molar refractivity (Wildman–Crippen MR) is 64.3 cm³/mol. The van der Waals surface area contributed by atoms with Gasteiger partial charge >= 0.3 is 6.18 Å². The summed E-state index contributed by atoms with van der Waals surface area (Å²) in [6.45, 7) is 0.483. The van der Waals surface area contributed by atoms with E-state index in [-0.39, 0.29) is 11.3 Å². The second kappa shape index (κ2) is 5.44. The number of hydrogen-bond donors (Lipinski definition) is 1. The van der Waals surface area contributed by atoms with E-state index in [0.29, 0.717) is 25.3 Å².